The Bertz CT molecular complexity index is 1210. The molecule has 0 spiro atoms. The first kappa shape index (κ1) is 22.0. The van der Waals surface area contributed by atoms with Crippen molar-refractivity contribution in [2.75, 3.05) is 30.5 Å². The maximum absolute atomic E-state index is 12.8. The zero-order valence-electron chi connectivity index (χ0n) is 17.4. The van der Waals surface area contributed by atoms with Gasteiger partial charge in [0.15, 0.2) is 5.13 Å². The molecule has 0 saturated carbocycles. The van der Waals surface area contributed by atoms with Crippen molar-refractivity contribution in [3.8, 4) is 5.75 Å². The molecule has 4 rings (SSSR count). The Balaban J connectivity index is 1.49. The second-order valence-corrected chi connectivity index (χ2v) is 8.60. The van der Waals surface area contributed by atoms with Gasteiger partial charge in [0.05, 0.1) is 41.1 Å². The fourth-order valence-corrected chi connectivity index (χ4v) is 4.59. The zero-order chi connectivity index (χ0) is 22.8. The number of halogens is 1. The molecule has 1 N–H and O–H groups in total. The van der Waals surface area contributed by atoms with Crippen LogP contribution in [0.2, 0.25) is 5.02 Å². The molecule has 1 aromatic heterocycles. The van der Waals surface area contributed by atoms with E-state index in [4.69, 9.17) is 21.1 Å². The number of methoxy groups -OCH3 is 1. The van der Waals surface area contributed by atoms with Gasteiger partial charge >= 0.3 is 5.97 Å². The van der Waals surface area contributed by atoms with Crippen LogP contribution in [0, 0.1) is 5.92 Å². The summed E-state index contributed by atoms with van der Waals surface area (Å²) in [4.78, 5) is 43.3. The van der Waals surface area contributed by atoms with E-state index in [0.29, 0.717) is 39.3 Å². The summed E-state index contributed by atoms with van der Waals surface area (Å²) in [6, 6.07) is 10.0. The lowest BCUT2D eigenvalue weighted by Gasteiger charge is -2.19. The number of anilines is 2. The van der Waals surface area contributed by atoms with Gasteiger partial charge in [-0.15, -0.1) is 0 Å². The highest BCUT2D eigenvalue weighted by Crippen LogP contribution is 2.36. The lowest BCUT2D eigenvalue weighted by atomic mass is 10.1. The van der Waals surface area contributed by atoms with E-state index < -0.39 is 11.9 Å². The van der Waals surface area contributed by atoms with E-state index in [2.05, 4.69) is 10.3 Å². The first-order chi connectivity index (χ1) is 15.4. The molecule has 10 heteroatoms. The zero-order valence-corrected chi connectivity index (χ0v) is 19.0. The highest BCUT2D eigenvalue weighted by molar-refractivity contribution is 7.22. The highest BCUT2D eigenvalue weighted by Gasteiger charge is 2.36. The molecule has 1 fully saturated rings. The van der Waals surface area contributed by atoms with Crippen molar-refractivity contribution in [1.82, 2.24) is 4.98 Å². The third kappa shape index (κ3) is 4.39. The Hall–Kier alpha value is -3.17. The molecule has 2 aromatic carbocycles. The summed E-state index contributed by atoms with van der Waals surface area (Å²) in [6.45, 7) is 2.24. The summed E-state index contributed by atoms with van der Waals surface area (Å²) in [5.74, 6) is -0.935. The van der Waals surface area contributed by atoms with Gasteiger partial charge in [-0.1, -0.05) is 22.9 Å². The van der Waals surface area contributed by atoms with E-state index in [1.807, 2.05) is 0 Å². The van der Waals surface area contributed by atoms with Crippen LogP contribution in [0.15, 0.2) is 36.4 Å². The molecule has 1 saturated heterocycles. The van der Waals surface area contributed by atoms with Gasteiger partial charge in [0, 0.05) is 18.0 Å². The van der Waals surface area contributed by atoms with Gasteiger partial charge < -0.3 is 19.7 Å². The number of nitrogens with one attached hydrogen (secondary N) is 1. The molecular formula is C22H20ClN3O5S. The number of carbonyl (C=O) groups excluding carboxylic acids is 3. The Kier molecular flexibility index (Phi) is 6.29. The first-order valence-corrected chi connectivity index (χ1v) is 11.1. The Morgan fingerprint density at radius 1 is 1.28 bits per heavy atom. The largest absolute Gasteiger partial charge is 0.495 e. The summed E-state index contributed by atoms with van der Waals surface area (Å²) in [5, 5.41) is 3.67. The van der Waals surface area contributed by atoms with Gasteiger partial charge in [0.25, 0.3) is 0 Å². The van der Waals surface area contributed by atoms with Gasteiger partial charge in [-0.2, -0.15) is 0 Å². The molecule has 1 atom stereocenters. The number of rotatable bonds is 6. The summed E-state index contributed by atoms with van der Waals surface area (Å²) in [5.41, 5.74) is 1.62. The number of benzene rings is 2. The van der Waals surface area contributed by atoms with Crippen LogP contribution >= 0.6 is 22.9 Å². The van der Waals surface area contributed by atoms with Gasteiger partial charge in [-0.25, -0.2) is 9.78 Å². The molecule has 3 aromatic rings. The van der Waals surface area contributed by atoms with Gasteiger partial charge in [-0.3, -0.25) is 9.59 Å². The molecule has 8 nitrogen and oxygen atoms in total. The average molecular weight is 474 g/mol. The molecule has 0 radical (unpaired) electrons. The highest BCUT2D eigenvalue weighted by atomic mass is 35.5. The van der Waals surface area contributed by atoms with E-state index >= 15 is 0 Å². The summed E-state index contributed by atoms with van der Waals surface area (Å²) in [6.07, 6.45) is 0.0689. The molecule has 166 valence electrons. The second kappa shape index (κ2) is 9.13. The minimum absolute atomic E-state index is 0.0689. The quantitative estimate of drug-likeness (QED) is 0.540. The van der Waals surface area contributed by atoms with Crippen LogP contribution in [0.4, 0.5) is 10.8 Å². The predicted molar refractivity (Wildman–Crippen MR) is 123 cm³/mol. The van der Waals surface area contributed by atoms with E-state index in [9.17, 15) is 14.4 Å². The van der Waals surface area contributed by atoms with Crippen molar-refractivity contribution < 1.29 is 23.9 Å². The SMILES string of the molecule is CCOC(=O)c1ccc2nc(NC(=O)C3CC(=O)N(c4cc(Cl)ccc4OC)C3)sc2c1. The molecule has 2 heterocycles. The number of nitrogens with zero attached hydrogens (tertiary/aromatic N) is 2. The van der Waals surface area contributed by atoms with Crippen molar-refractivity contribution in [3.63, 3.8) is 0 Å². The summed E-state index contributed by atoms with van der Waals surface area (Å²) < 4.78 is 11.1. The summed E-state index contributed by atoms with van der Waals surface area (Å²) in [7, 11) is 1.51. The minimum Gasteiger partial charge on any atom is -0.495 e. The van der Waals surface area contributed by atoms with Crippen LogP contribution in [-0.4, -0.2) is 43.0 Å². The molecule has 0 aliphatic carbocycles. The molecule has 1 unspecified atom stereocenters. The van der Waals surface area contributed by atoms with Crippen molar-refractivity contribution in [2.24, 2.45) is 5.92 Å². The van der Waals surface area contributed by atoms with Crippen LogP contribution < -0.4 is 15.0 Å². The number of thiazole rings is 1. The number of ether oxygens (including phenoxy) is 2. The van der Waals surface area contributed by atoms with Crippen LogP contribution in [0.5, 0.6) is 5.75 Å². The first-order valence-electron chi connectivity index (χ1n) is 9.92. The second-order valence-electron chi connectivity index (χ2n) is 7.13. The smallest absolute Gasteiger partial charge is 0.338 e. The van der Waals surface area contributed by atoms with Gasteiger partial charge in [-0.05, 0) is 43.3 Å². The van der Waals surface area contributed by atoms with E-state index in [0.717, 1.165) is 4.70 Å². The van der Waals surface area contributed by atoms with E-state index in [1.165, 1.54) is 23.3 Å². The number of hydrogen-bond acceptors (Lipinski definition) is 7. The Morgan fingerprint density at radius 2 is 2.09 bits per heavy atom. The third-order valence-corrected chi connectivity index (χ3v) is 6.23. The number of fused-ring (bicyclic) bond motifs is 1. The molecule has 1 aliphatic heterocycles. The number of aromatic nitrogens is 1. The van der Waals surface area contributed by atoms with Crippen LogP contribution in [0.3, 0.4) is 0 Å². The maximum atomic E-state index is 12.8. The maximum Gasteiger partial charge on any atom is 0.338 e. The lowest BCUT2D eigenvalue weighted by molar-refractivity contribution is -0.122. The molecule has 2 amide bonds. The number of hydrogen-bond donors (Lipinski definition) is 1. The Morgan fingerprint density at radius 3 is 2.84 bits per heavy atom. The van der Waals surface area contributed by atoms with E-state index in [1.54, 1.807) is 43.3 Å². The molecular weight excluding hydrogens is 454 g/mol. The fourth-order valence-electron chi connectivity index (χ4n) is 3.52. The van der Waals surface area contributed by atoms with Crippen molar-refractivity contribution >= 4 is 61.8 Å². The third-order valence-electron chi connectivity index (χ3n) is 5.06. The fraction of sp³-hybridized carbons (Fsp3) is 0.273. The van der Waals surface area contributed by atoms with Crippen molar-refractivity contribution in [1.29, 1.82) is 0 Å². The van der Waals surface area contributed by atoms with Crippen molar-refractivity contribution in [2.45, 2.75) is 13.3 Å². The average Bonchev–Trinajstić information content (AvgIpc) is 3.36. The van der Waals surface area contributed by atoms with Gasteiger partial charge in [0.1, 0.15) is 5.75 Å². The lowest BCUT2D eigenvalue weighted by Crippen LogP contribution is -2.28. The standard InChI is InChI=1S/C22H20ClN3O5S/c1-3-31-21(29)12-4-6-15-18(8-12)32-22(24-15)25-20(28)13-9-19(27)26(11-13)16-10-14(23)5-7-17(16)30-2/h4-8,10,13H,3,9,11H2,1-2H3,(H,24,25,28). The number of carbonyl (C=O) groups is 3. The Labute approximate surface area is 193 Å². The number of esters is 1. The molecule has 32 heavy (non-hydrogen) atoms. The van der Waals surface area contributed by atoms with Crippen LogP contribution in [0.1, 0.15) is 23.7 Å². The van der Waals surface area contributed by atoms with Crippen molar-refractivity contribution in [3.05, 3.63) is 47.0 Å². The number of amides is 2. The topological polar surface area (TPSA) is 97.8 Å². The molecule has 1 aliphatic rings. The van der Waals surface area contributed by atoms with Crippen LogP contribution in [0.25, 0.3) is 10.2 Å². The monoisotopic (exact) mass is 473 g/mol. The minimum atomic E-state index is -0.548. The molecule has 0 bridgehead atoms. The normalized spacial score (nSPS) is 15.8. The van der Waals surface area contributed by atoms with E-state index in [-0.39, 0.29) is 24.8 Å². The van der Waals surface area contributed by atoms with Crippen LogP contribution in [-0.2, 0) is 14.3 Å². The predicted octanol–water partition coefficient (Wildman–Crippen LogP) is 4.13. The van der Waals surface area contributed by atoms with Gasteiger partial charge in [0.2, 0.25) is 11.8 Å². The summed E-state index contributed by atoms with van der Waals surface area (Å²) >= 11 is 7.34.